The number of thiol groups is 1. The smallest absolute Gasteiger partial charge is 0.307 e. The van der Waals surface area contributed by atoms with E-state index in [0.29, 0.717) is 19.6 Å². The lowest BCUT2D eigenvalue weighted by molar-refractivity contribution is -0.142. The number of ether oxygens (including phenoxy) is 1. The Bertz CT molecular complexity index is 262. The Morgan fingerprint density at radius 1 is 1.30 bits per heavy atom. The van der Waals surface area contributed by atoms with E-state index in [0.717, 1.165) is 25.3 Å². The number of nitrogens with one attached hydrogen (secondary N) is 1. The van der Waals surface area contributed by atoms with Gasteiger partial charge in [-0.15, -0.1) is 11.7 Å². The van der Waals surface area contributed by atoms with Crippen molar-refractivity contribution in [1.29, 1.82) is 0 Å². The van der Waals surface area contributed by atoms with Crippen molar-refractivity contribution in [2.75, 3.05) is 65.2 Å². The molecule has 0 aromatic heterocycles. The van der Waals surface area contributed by atoms with Crippen LogP contribution in [0.4, 0.5) is 0 Å². The predicted octanol–water partition coefficient (Wildman–Crippen LogP) is 0.725. The third-order valence-corrected chi connectivity index (χ3v) is 4.26. The molecule has 0 saturated carbocycles. The lowest BCUT2D eigenvalue weighted by atomic mass is 10.3. The first-order valence-electron chi connectivity index (χ1n) is 7.26. The molecule has 0 aliphatic carbocycles. The van der Waals surface area contributed by atoms with Crippen LogP contribution in [0.25, 0.3) is 0 Å². The zero-order valence-corrected chi connectivity index (χ0v) is 14.1. The average Bonchev–Trinajstić information content (AvgIpc) is 2.45. The van der Waals surface area contributed by atoms with Crippen molar-refractivity contribution in [2.45, 2.75) is 12.8 Å². The number of rotatable bonds is 10. The van der Waals surface area contributed by atoms with Gasteiger partial charge in [0.1, 0.15) is 6.61 Å². The molecule has 0 unspecified atom stereocenters. The molecule has 1 N–H and O–H groups in total. The van der Waals surface area contributed by atoms with E-state index in [1.807, 2.05) is 0 Å². The molecule has 0 bridgehead atoms. The van der Waals surface area contributed by atoms with E-state index < -0.39 is 0 Å². The van der Waals surface area contributed by atoms with E-state index >= 15 is 0 Å². The Balaban J connectivity index is 1.86. The van der Waals surface area contributed by atoms with Crippen molar-refractivity contribution in [3.8, 4) is 0 Å². The third-order valence-electron chi connectivity index (χ3n) is 3.37. The molecule has 0 amide bonds. The van der Waals surface area contributed by atoms with Crippen LogP contribution < -0.4 is 5.32 Å². The summed E-state index contributed by atoms with van der Waals surface area (Å²) >= 11 is 3.99. The largest absolute Gasteiger partial charge is 0.465 e. The maximum Gasteiger partial charge on any atom is 0.307 e. The molecule has 1 heterocycles. The maximum atomic E-state index is 11.3. The molecule has 1 aliphatic heterocycles. The first-order valence-corrected chi connectivity index (χ1v) is 9.30. The van der Waals surface area contributed by atoms with E-state index in [1.165, 1.54) is 37.0 Å². The molecule has 20 heavy (non-hydrogen) atoms. The van der Waals surface area contributed by atoms with Crippen LogP contribution in [0.3, 0.4) is 0 Å². The number of carbonyl (C=O) groups excluding carboxylic acids is 1. The van der Waals surface area contributed by atoms with Gasteiger partial charge in [0.05, 0.1) is 6.42 Å². The van der Waals surface area contributed by atoms with Gasteiger partial charge in [-0.3, -0.25) is 4.79 Å². The quantitative estimate of drug-likeness (QED) is 0.268. The maximum absolute atomic E-state index is 11.3. The number of nitrogens with zero attached hydrogens (tertiary/aromatic N) is 2. The standard InChI is InChI=1S/C13H27N3O2S2/c1-15-7-9-16(10-8-15)6-2-4-14-5-3-13(17)18-11-12-20-19/h14,19H,2-12H2,1H3. The van der Waals surface area contributed by atoms with E-state index in [9.17, 15) is 4.79 Å². The molecule has 0 spiro atoms. The number of carbonyl (C=O) groups is 1. The van der Waals surface area contributed by atoms with Crippen LogP contribution >= 0.6 is 22.5 Å². The molecule has 5 nitrogen and oxygen atoms in total. The van der Waals surface area contributed by atoms with Gasteiger partial charge in [0.15, 0.2) is 0 Å². The molecule has 1 saturated heterocycles. The first kappa shape index (κ1) is 18.1. The number of hydrogen-bond acceptors (Lipinski definition) is 7. The molecule has 1 aliphatic rings. The van der Waals surface area contributed by atoms with Gasteiger partial charge in [0.25, 0.3) is 0 Å². The molecular weight excluding hydrogens is 294 g/mol. The predicted molar refractivity (Wildman–Crippen MR) is 88.4 cm³/mol. The Kier molecular flexibility index (Phi) is 10.6. The van der Waals surface area contributed by atoms with E-state index in [-0.39, 0.29) is 5.97 Å². The summed E-state index contributed by atoms with van der Waals surface area (Å²) in [5.74, 6) is 0.617. The van der Waals surface area contributed by atoms with Gasteiger partial charge in [0.2, 0.25) is 0 Å². The van der Waals surface area contributed by atoms with Crippen LogP contribution in [0.2, 0.25) is 0 Å². The van der Waals surface area contributed by atoms with Gasteiger partial charge >= 0.3 is 5.97 Å². The average molecular weight is 322 g/mol. The first-order chi connectivity index (χ1) is 9.72. The Hall–Kier alpha value is 0.0500. The summed E-state index contributed by atoms with van der Waals surface area (Å²) in [6, 6.07) is 0. The van der Waals surface area contributed by atoms with E-state index in [1.54, 1.807) is 0 Å². The fraction of sp³-hybridized carbons (Fsp3) is 0.923. The molecule has 118 valence electrons. The Morgan fingerprint density at radius 3 is 2.75 bits per heavy atom. The summed E-state index contributed by atoms with van der Waals surface area (Å²) in [7, 11) is 3.56. The summed E-state index contributed by atoms with van der Waals surface area (Å²) in [5, 5.41) is 3.30. The van der Waals surface area contributed by atoms with Crippen molar-refractivity contribution in [3.63, 3.8) is 0 Å². The van der Waals surface area contributed by atoms with Crippen LogP contribution in [0, 0.1) is 0 Å². The zero-order valence-electron chi connectivity index (χ0n) is 12.3. The number of esters is 1. The van der Waals surface area contributed by atoms with Crippen LogP contribution in [0.15, 0.2) is 0 Å². The monoisotopic (exact) mass is 321 g/mol. The van der Waals surface area contributed by atoms with Gasteiger partial charge in [-0.1, -0.05) is 10.8 Å². The van der Waals surface area contributed by atoms with Gasteiger partial charge in [-0.05, 0) is 26.6 Å². The number of piperazine rings is 1. The topological polar surface area (TPSA) is 44.8 Å². The van der Waals surface area contributed by atoms with Gasteiger partial charge in [0, 0.05) is 38.5 Å². The molecule has 0 aromatic carbocycles. The van der Waals surface area contributed by atoms with Crippen molar-refractivity contribution in [3.05, 3.63) is 0 Å². The van der Waals surface area contributed by atoms with Gasteiger partial charge < -0.3 is 19.9 Å². The highest BCUT2D eigenvalue weighted by atomic mass is 33.1. The fourth-order valence-corrected chi connectivity index (χ4v) is 2.46. The second-order valence-corrected chi connectivity index (χ2v) is 6.49. The number of likely N-dealkylation sites (N-methyl/N-ethyl adjacent to an activating group) is 1. The highest BCUT2D eigenvalue weighted by Crippen LogP contribution is 2.03. The third kappa shape index (κ3) is 9.07. The summed E-state index contributed by atoms with van der Waals surface area (Å²) in [6.07, 6.45) is 1.58. The molecule has 0 radical (unpaired) electrons. The highest BCUT2D eigenvalue weighted by Gasteiger charge is 2.12. The number of hydrogen-bond donors (Lipinski definition) is 2. The lowest BCUT2D eigenvalue weighted by Gasteiger charge is -2.32. The lowest BCUT2D eigenvalue weighted by Crippen LogP contribution is -2.45. The molecule has 0 aromatic rings. The van der Waals surface area contributed by atoms with Crippen molar-refractivity contribution >= 4 is 28.4 Å². The van der Waals surface area contributed by atoms with Crippen molar-refractivity contribution in [1.82, 2.24) is 15.1 Å². The Labute approximate surface area is 131 Å². The van der Waals surface area contributed by atoms with Gasteiger partial charge in [-0.2, -0.15) is 0 Å². The minimum Gasteiger partial charge on any atom is -0.465 e. The van der Waals surface area contributed by atoms with Crippen LogP contribution in [-0.2, 0) is 9.53 Å². The van der Waals surface area contributed by atoms with Crippen molar-refractivity contribution < 1.29 is 9.53 Å². The summed E-state index contributed by atoms with van der Waals surface area (Å²) in [4.78, 5) is 16.2. The molecule has 1 fully saturated rings. The molecule has 0 atom stereocenters. The second-order valence-electron chi connectivity index (χ2n) is 5.05. The normalized spacial score (nSPS) is 17.3. The SMILES string of the molecule is CN1CCN(CCCNCCC(=O)OCCSS)CC1. The van der Waals surface area contributed by atoms with Crippen LogP contribution in [0.1, 0.15) is 12.8 Å². The minimum absolute atomic E-state index is 0.126. The van der Waals surface area contributed by atoms with E-state index in [4.69, 9.17) is 4.74 Å². The molecule has 1 rings (SSSR count). The van der Waals surface area contributed by atoms with Crippen molar-refractivity contribution in [2.24, 2.45) is 0 Å². The summed E-state index contributed by atoms with van der Waals surface area (Å²) < 4.78 is 5.03. The summed E-state index contributed by atoms with van der Waals surface area (Å²) in [6.45, 7) is 7.95. The summed E-state index contributed by atoms with van der Waals surface area (Å²) in [5.41, 5.74) is 0. The van der Waals surface area contributed by atoms with Crippen LogP contribution in [-0.4, -0.2) is 81.0 Å². The fourth-order valence-electron chi connectivity index (χ4n) is 2.08. The second kappa shape index (κ2) is 11.7. The minimum atomic E-state index is -0.126. The van der Waals surface area contributed by atoms with E-state index in [2.05, 4.69) is 33.8 Å². The Morgan fingerprint density at radius 2 is 2.05 bits per heavy atom. The zero-order chi connectivity index (χ0) is 14.6. The molecular formula is C13H27N3O2S2. The van der Waals surface area contributed by atoms with Gasteiger partial charge in [-0.25, -0.2) is 0 Å². The molecule has 7 heteroatoms. The highest BCUT2D eigenvalue weighted by molar-refractivity contribution is 8.68. The van der Waals surface area contributed by atoms with Crippen LogP contribution in [0.5, 0.6) is 0 Å².